The molecule has 0 N–H and O–H groups in total. The number of benzene rings is 1. The maximum Gasteiger partial charge on any atom is 0.246 e. The van der Waals surface area contributed by atoms with Crippen molar-refractivity contribution in [1.82, 2.24) is 9.88 Å². The Kier molecular flexibility index (Phi) is 5.72. The molecule has 1 heterocycles. The monoisotopic (exact) mass is 316 g/mol. The molecule has 0 aliphatic heterocycles. The van der Waals surface area contributed by atoms with Crippen LogP contribution in [-0.4, -0.2) is 29.4 Å². The Labute approximate surface area is 135 Å². The Hall–Kier alpha value is -2.14. The van der Waals surface area contributed by atoms with Gasteiger partial charge in [-0.3, -0.25) is 4.79 Å². The minimum atomic E-state index is -0.0209. The second kappa shape index (κ2) is 7.75. The summed E-state index contributed by atoms with van der Waals surface area (Å²) in [4.78, 5) is 17.9. The van der Waals surface area contributed by atoms with Crippen molar-refractivity contribution in [2.24, 2.45) is 0 Å². The van der Waals surface area contributed by atoms with Gasteiger partial charge in [0.1, 0.15) is 12.4 Å². The van der Waals surface area contributed by atoms with Gasteiger partial charge in [0, 0.05) is 30.6 Å². The van der Waals surface area contributed by atoms with Crippen LogP contribution in [0.2, 0.25) is 0 Å². The number of hydrogen-bond acceptors (Lipinski definition) is 4. The summed E-state index contributed by atoms with van der Waals surface area (Å²) < 4.78 is 5.82. The van der Waals surface area contributed by atoms with Crippen LogP contribution in [0, 0.1) is 6.92 Å². The Morgan fingerprint density at radius 1 is 1.41 bits per heavy atom. The highest BCUT2D eigenvalue weighted by molar-refractivity contribution is 7.09. The van der Waals surface area contributed by atoms with Crippen LogP contribution in [0.15, 0.2) is 35.7 Å². The molecule has 0 spiro atoms. The Bertz CT molecular complexity index is 664. The van der Waals surface area contributed by atoms with Crippen molar-refractivity contribution in [3.63, 3.8) is 0 Å². The molecule has 0 bridgehead atoms. The van der Waals surface area contributed by atoms with Crippen molar-refractivity contribution < 1.29 is 9.53 Å². The zero-order valence-electron chi connectivity index (χ0n) is 13.1. The van der Waals surface area contributed by atoms with E-state index >= 15 is 0 Å². The first kappa shape index (κ1) is 16.2. The molecular formula is C17H20N2O2S. The van der Waals surface area contributed by atoms with Crippen LogP contribution in [0.1, 0.15) is 23.2 Å². The Morgan fingerprint density at radius 3 is 2.86 bits per heavy atom. The van der Waals surface area contributed by atoms with Crippen LogP contribution in [0.3, 0.4) is 0 Å². The number of nitrogens with zero attached hydrogens (tertiary/aromatic N) is 2. The van der Waals surface area contributed by atoms with E-state index in [0.29, 0.717) is 13.2 Å². The topological polar surface area (TPSA) is 42.4 Å². The number of para-hydroxylation sites is 1. The summed E-state index contributed by atoms with van der Waals surface area (Å²) in [6, 6.07) is 7.66. The van der Waals surface area contributed by atoms with Gasteiger partial charge in [-0.25, -0.2) is 4.98 Å². The number of carbonyl (C=O) groups excluding carboxylic acids is 1. The zero-order valence-corrected chi connectivity index (χ0v) is 13.9. The van der Waals surface area contributed by atoms with Crippen LogP contribution in [0.4, 0.5) is 0 Å². The lowest BCUT2D eigenvalue weighted by Crippen LogP contribution is -2.23. The van der Waals surface area contributed by atoms with E-state index in [1.165, 1.54) is 0 Å². The summed E-state index contributed by atoms with van der Waals surface area (Å²) >= 11 is 1.61. The number of amides is 1. The number of ether oxygens (including phenoxy) is 1. The van der Waals surface area contributed by atoms with Gasteiger partial charge >= 0.3 is 0 Å². The first-order valence-electron chi connectivity index (χ1n) is 7.16. The van der Waals surface area contributed by atoms with Gasteiger partial charge in [0.25, 0.3) is 0 Å². The smallest absolute Gasteiger partial charge is 0.246 e. The molecule has 0 aliphatic rings. The summed E-state index contributed by atoms with van der Waals surface area (Å²) in [7, 11) is 1.78. The van der Waals surface area contributed by atoms with Crippen LogP contribution < -0.4 is 4.74 Å². The molecule has 0 saturated carbocycles. The first-order chi connectivity index (χ1) is 10.6. The average Bonchev–Trinajstić information content (AvgIpc) is 2.96. The quantitative estimate of drug-likeness (QED) is 0.766. The molecule has 116 valence electrons. The summed E-state index contributed by atoms with van der Waals surface area (Å²) in [6.07, 6.45) is 3.36. The van der Waals surface area contributed by atoms with Gasteiger partial charge in [0.15, 0.2) is 0 Å². The van der Waals surface area contributed by atoms with Gasteiger partial charge in [-0.2, -0.15) is 0 Å². The molecule has 1 aromatic carbocycles. The average molecular weight is 316 g/mol. The predicted molar refractivity (Wildman–Crippen MR) is 90.0 cm³/mol. The summed E-state index contributed by atoms with van der Waals surface area (Å²) in [5, 5.41) is 3.02. The Morgan fingerprint density at radius 2 is 2.18 bits per heavy atom. The van der Waals surface area contributed by atoms with E-state index in [9.17, 15) is 4.79 Å². The molecule has 0 atom stereocenters. The van der Waals surface area contributed by atoms with E-state index in [1.54, 1.807) is 35.4 Å². The third-order valence-electron chi connectivity index (χ3n) is 3.22. The van der Waals surface area contributed by atoms with E-state index in [-0.39, 0.29) is 5.91 Å². The van der Waals surface area contributed by atoms with Crippen LogP contribution in [-0.2, 0) is 11.4 Å². The van der Waals surface area contributed by atoms with Gasteiger partial charge in [-0.1, -0.05) is 18.2 Å². The second-order valence-corrected chi connectivity index (χ2v) is 5.93. The lowest BCUT2D eigenvalue weighted by molar-refractivity contribution is -0.124. The normalized spacial score (nSPS) is 10.9. The number of aromatic nitrogens is 1. The minimum absolute atomic E-state index is 0.0209. The summed E-state index contributed by atoms with van der Waals surface area (Å²) in [5.41, 5.74) is 1.80. The van der Waals surface area contributed by atoms with Crippen LogP contribution in [0.25, 0.3) is 6.08 Å². The lowest BCUT2D eigenvalue weighted by atomic mass is 10.2. The number of hydrogen-bond donors (Lipinski definition) is 0. The molecule has 4 nitrogen and oxygen atoms in total. The second-order valence-electron chi connectivity index (χ2n) is 4.87. The fourth-order valence-corrected chi connectivity index (χ4v) is 2.42. The highest BCUT2D eigenvalue weighted by Crippen LogP contribution is 2.21. The van der Waals surface area contributed by atoms with E-state index < -0.39 is 0 Å². The molecule has 1 amide bonds. The molecule has 2 rings (SSSR count). The minimum Gasteiger partial charge on any atom is -0.487 e. The van der Waals surface area contributed by atoms with Crippen LogP contribution >= 0.6 is 11.3 Å². The van der Waals surface area contributed by atoms with Crippen molar-refractivity contribution in [1.29, 1.82) is 0 Å². The predicted octanol–water partition coefficient (Wildman–Crippen LogP) is 3.52. The molecule has 0 unspecified atom stereocenters. The third kappa shape index (κ3) is 4.43. The largest absolute Gasteiger partial charge is 0.487 e. The SMILES string of the molecule is CCN(C)C(=O)/C=C/c1ccccc1OCc1csc(C)n1. The summed E-state index contributed by atoms with van der Waals surface area (Å²) in [6.45, 7) is 5.03. The molecule has 0 aliphatic carbocycles. The molecule has 5 heteroatoms. The zero-order chi connectivity index (χ0) is 15.9. The van der Waals surface area contributed by atoms with E-state index in [0.717, 1.165) is 22.0 Å². The van der Waals surface area contributed by atoms with E-state index in [1.807, 2.05) is 43.5 Å². The lowest BCUT2D eigenvalue weighted by Gasteiger charge is -2.11. The van der Waals surface area contributed by atoms with Gasteiger partial charge in [-0.05, 0) is 26.0 Å². The van der Waals surface area contributed by atoms with Gasteiger partial charge < -0.3 is 9.64 Å². The van der Waals surface area contributed by atoms with Gasteiger partial charge in [-0.15, -0.1) is 11.3 Å². The number of aryl methyl sites for hydroxylation is 1. The van der Waals surface area contributed by atoms with Crippen molar-refractivity contribution in [3.05, 3.63) is 52.0 Å². The fraction of sp³-hybridized carbons (Fsp3) is 0.294. The number of likely N-dealkylation sites (N-methyl/N-ethyl adjacent to an activating group) is 1. The first-order valence-corrected chi connectivity index (χ1v) is 8.04. The molecule has 0 radical (unpaired) electrons. The Balaban J connectivity index is 2.06. The maximum absolute atomic E-state index is 11.8. The highest BCUT2D eigenvalue weighted by Gasteiger charge is 2.05. The fourth-order valence-electron chi connectivity index (χ4n) is 1.82. The van der Waals surface area contributed by atoms with Crippen molar-refractivity contribution >= 4 is 23.3 Å². The van der Waals surface area contributed by atoms with Crippen molar-refractivity contribution in [2.45, 2.75) is 20.5 Å². The van der Waals surface area contributed by atoms with Gasteiger partial charge in [0.2, 0.25) is 5.91 Å². The third-order valence-corrected chi connectivity index (χ3v) is 4.04. The van der Waals surface area contributed by atoms with Crippen molar-refractivity contribution in [3.8, 4) is 5.75 Å². The molecule has 2 aromatic rings. The molecule has 0 saturated heterocycles. The summed E-state index contributed by atoms with van der Waals surface area (Å²) in [5.74, 6) is 0.726. The number of carbonyl (C=O) groups is 1. The van der Waals surface area contributed by atoms with E-state index in [4.69, 9.17) is 4.74 Å². The van der Waals surface area contributed by atoms with Gasteiger partial charge in [0.05, 0.1) is 10.7 Å². The number of thiazole rings is 1. The van der Waals surface area contributed by atoms with Crippen LogP contribution in [0.5, 0.6) is 5.75 Å². The van der Waals surface area contributed by atoms with Crippen molar-refractivity contribution in [2.75, 3.05) is 13.6 Å². The van der Waals surface area contributed by atoms with E-state index in [2.05, 4.69) is 4.98 Å². The molecular weight excluding hydrogens is 296 g/mol. The highest BCUT2D eigenvalue weighted by atomic mass is 32.1. The maximum atomic E-state index is 11.8. The standard InChI is InChI=1S/C17H20N2O2S/c1-4-19(3)17(20)10-9-14-7-5-6-8-16(14)21-11-15-12-22-13(2)18-15/h5-10,12H,4,11H2,1-3H3/b10-9+. The molecule has 0 fully saturated rings. The molecule has 1 aromatic heterocycles. The molecule has 22 heavy (non-hydrogen) atoms. The number of rotatable bonds is 6.